The molecule has 25 heavy (non-hydrogen) atoms. The van der Waals surface area contributed by atoms with Crippen molar-refractivity contribution in [3.8, 4) is 5.75 Å². The summed E-state index contributed by atoms with van der Waals surface area (Å²) in [6, 6.07) is 3.39. The molecule has 1 amide bonds. The van der Waals surface area contributed by atoms with Gasteiger partial charge in [-0.1, -0.05) is 11.6 Å². The van der Waals surface area contributed by atoms with Gasteiger partial charge < -0.3 is 14.5 Å². The van der Waals surface area contributed by atoms with Crippen LogP contribution >= 0.6 is 11.6 Å². The van der Waals surface area contributed by atoms with Gasteiger partial charge in [0.2, 0.25) is 15.9 Å². The molecule has 7 nitrogen and oxygen atoms in total. The molecular weight excluding hydrogens is 366 g/mol. The molecule has 1 saturated heterocycles. The average Bonchev–Trinajstić information content (AvgIpc) is 2.56. The number of sulfonamides is 1. The summed E-state index contributed by atoms with van der Waals surface area (Å²) < 4.78 is 32.8. The third-order valence-electron chi connectivity index (χ3n) is 4.03. The standard InChI is InChI=1S/C16H24ClN3O4S/c1-4-24-15-6-5-13(11-14(15)17)25(22,23)18-12(2)16(21)20-9-7-19(3)8-10-20/h5-6,11-12,18H,4,7-10H2,1-3H3/t12-/m0/s1. The summed E-state index contributed by atoms with van der Waals surface area (Å²) in [5.41, 5.74) is 0. The van der Waals surface area contributed by atoms with Crippen LogP contribution in [0.4, 0.5) is 0 Å². The number of piperazine rings is 1. The largest absolute Gasteiger partial charge is 0.492 e. The van der Waals surface area contributed by atoms with Crippen LogP contribution in [-0.2, 0) is 14.8 Å². The molecule has 0 unspecified atom stereocenters. The van der Waals surface area contributed by atoms with Crippen LogP contribution in [-0.4, -0.2) is 70.0 Å². The number of nitrogens with zero attached hydrogens (tertiary/aromatic N) is 2. The SMILES string of the molecule is CCOc1ccc(S(=O)(=O)N[C@@H](C)C(=O)N2CCN(C)CC2)cc1Cl. The quantitative estimate of drug-likeness (QED) is 0.790. The van der Waals surface area contributed by atoms with E-state index in [4.69, 9.17) is 16.3 Å². The molecule has 1 aromatic carbocycles. The van der Waals surface area contributed by atoms with Crippen LogP contribution in [0.25, 0.3) is 0 Å². The monoisotopic (exact) mass is 389 g/mol. The van der Waals surface area contributed by atoms with Gasteiger partial charge >= 0.3 is 0 Å². The van der Waals surface area contributed by atoms with E-state index >= 15 is 0 Å². The highest BCUT2D eigenvalue weighted by Gasteiger charge is 2.27. The Hall–Kier alpha value is -1.35. The lowest BCUT2D eigenvalue weighted by Crippen LogP contribution is -2.53. The zero-order valence-electron chi connectivity index (χ0n) is 14.7. The molecule has 2 rings (SSSR count). The van der Waals surface area contributed by atoms with E-state index in [2.05, 4.69) is 9.62 Å². The van der Waals surface area contributed by atoms with Gasteiger partial charge in [-0.05, 0) is 39.1 Å². The van der Waals surface area contributed by atoms with Crippen molar-refractivity contribution >= 4 is 27.5 Å². The molecule has 1 fully saturated rings. The first-order valence-corrected chi connectivity index (χ1v) is 10.0. The predicted octanol–water partition coefficient (Wildman–Crippen LogP) is 1.18. The highest BCUT2D eigenvalue weighted by Crippen LogP contribution is 2.27. The van der Waals surface area contributed by atoms with Crippen LogP contribution in [0, 0.1) is 0 Å². The molecule has 140 valence electrons. The fraction of sp³-hybridized carbons (Fsp3) is 0.562. The zero-order valence-corrected chi connectivity index (χ0v) is 16.2. The molecule has 0 spiro atoms. The Morgan fingerprint density at radius 2 is 1.96 bits per heavy atom. The van der Waals surface area contributed by atoms with Crippen molar-refractivity contribution in [2.45, 2.75) is 24.8 Å². The molecule has 1 heterocycles. The van der Waals surface area contributed by atoms with Crippen LogP contribution < -0.4 is 9.46 Å². The van der Waals surface area contributed by atoms with Crippen LogP contribution in [0.3, 0.4) is 0 Å². The van der Waals surface area contributed by atoms with Crippen LogP contribution in [0.2, 0.25) is 5.02 Å². The topological polar surface area (TPSA) is 78.9 Å². The van der Waals surface area contributed by atoms with Gasteiger partial charge in [-0.2, -0.15) is 4.72 Å². The molecule has 0 bridgehead atoms. The Kier molecular flexibility index (Phi) is 6.67. The van der Waals surface area contributed by atoms with Crippen LogP contribution in [0.5, 0.6) is 5.75 Å². The molecule has 1 atom stereocenters. The Morgan fingerprint density at radius 3 is 2.52 bits per heavy atom. The van der Waals surface area contributed by atoms with Gasteiger partial charge in [-0.25, -0.2) is 8.42 Å². The van der Waals surface area contributed by atoms with Gasteiger partial charge in [0.05, 0.1) is 22.6 Å². The van der Waals surface area contributed by atoms with E-state index in [-0.39, 0.29) is 15.8 Å². The van der Waals surface area contributed by atoms with Crippen molar-refractivity contribution < 1.29 is 17.9 Å². The van der Waals surface area contributed by atoms with Crippen molar-refractivity contribution in [3.63, 3.8) is 0 Å². The van der Waals surface area contributed by atoms with E-state index in [1.807, 2.05) is 14.0 Å². The first-order chi connectivity index (χ1) is 11.7. The van der Waals surface area contributed by atoms with Crippen LogP contribution in [0.1, 0.15) is 13.8 Å². The molecule has 1 N–H and O–H groups in total. The predicted molar refractivity (Wildman–Crippen MR) is 96.5 cm³/mol. The summed E-state index contributed by atoms with van der Waals surface area (Å²) in [4.78, 5) is 16.3. The summed E-state index contributed by atoms with van der Waals surface area (Å²) in [5.74, 6) is 0.193. The number of carbonyl (C=O) groups is 1. The lowest BCUT2D eigenvalue weighted by Gasteiger charge is -2.34. The molecule has 0 aromatic heterocycles. The highest BCUT2D eigenvalue weighted by molar-refractivity contribution is 7.89. The van der Waals surface area contributed by atoms with Crippen LogP contribution in [0.15, 0.2) is 23.1 Å². The van der Waals surface area contributed by atoms with Gasteiger partial charge in [-0.15, -0.1) is 0 Å². The second kappa shape index (κ2) is 8.35. The number of likely N-dealkylation sites (N-methyl/N-ethyl adjacent to an activating group) is 1. The Labute approximate surface area is 153 Å². The lowest BCUT2D eigenvalue weighted by atomic mass is 10.2. The summed E-state index contributed by atoms with van der Waals surface area (Å²) in [5, 5.41) is 0.211. The van der Waals surface area contributed by atoms with Gasteiger partial charge in [0, 0.05) is 26.2 Å². The minimum absolute atomic E-state index is 0.000944. The summed E-state index contributed by atoms with van der Waals surface area (Å²) in [6.45, 7) is 6.54. The van der Waals surface area contributed by atoms with Crippen molar-refractivity contribution in [2.24, 2.45) is 0 Å². The van der Waals surface area contributed by atoms with E-state index in [0.717, 1.165) is 13.1 Å². The molecule has 0 aliphatic carbocycles. The van der Waals surface area contributed by atoms with Crippen molar-refractivity contribution in [1.29, 1.82) is 0 Å². The number of carbonyl (C=O) groups excluding carboxylic acids is 1. The average molecular weight is 390 g/mol. The fourth-order valence-corrected chi connectivity index (χ4v) is 4.10. The Bertz CT molecular complexity index is 718. The smallest absolute Gasteiger partial charge is 0.241 e. The normalized spacial score (nSPS) is 17.4. The number of nitrogens with one attached hydrogen (secondary N) is 1. The number of ether oxygens (including phenoxy) is 1. The molecule has 1 aromatic rings. The second-order valence-corrected chi connectivity index (χ2v) is 8.12. The molecular formula is C16H24ClN3O4S. The van der Waals surface area contributed by atoms with E-state index in [0.29, 0.717) is 25.4 Å². The number of halogens is 1. The molecule has 1 aliphatic rings. The number of amides is 1. The summed E-state index contributed by atoms with van der Waals surface area (Å²) in [6.07, 6.45) is 0. The number of hydrogen-bond donors (Lipinski definition) is 1. The minimum Gasteiger partial charge on any atom is -0.492 e. The van der Waals surface area contributed by atoms with E-state index in [1.165, 1.54) is 18.2 Å². The number of hydrogen-bond acceptors (Lipinski definition) is 5. The minimum atomic E-state index is -3.86. The second-order valence-electron chi connectivity index (χ2n) is 6.00. The third-order valence-corrected chi connectivity index (χ3v) is 5.86. The maximum Gasteiger partial charge on any atom is 0.241 e. The molecule has 1 aliphatic heterocycles. The summed E-state index contributed by atoms with van der Waals surface area (Å²) in [7, 11) is -1.87. The third kappa shape index (κ3) is 5.07. The van der Waals surface area contributed by atoms with Crippen molar-refractivity contribution in [1.82, 2.24) is 14.5 Å². The van der Waals surface area contributed by atoms with Crippen molar-refractivity contribution in [2.75, 3.05) is 39.8 Å². The van der Waals surface area contributed by atoms with E-state index < -0.39 is 16.1 Å². The van der Waals surface area contributed by atoms with Gasteiger partial charge in [0.1, 0.15) is 5.75 Å². The maximum atomic E-state index is 12.5. The van der Waals surface area contributed by atoms with Crippen molar-refractivity contribution in [3.05, 3.63) is 23.2 Å². The Morgan fingerprint density at radius 1 is 1.32 bits per heavy atom. The fourth-order valence-electron chi connectivity index (χ4n) is 2.57. The van der Waals surface area contributed by atoms with Gasteiger partial charge in [0.15, 0.2) is 0 Å². The number of benzene rings is 1. The maximum absolute atomic E-state index is 12.5. The first-order valence-electron chi connectivity index (χ1n) is 8.16. The molecule has 0 radical (unpaired) electrons. The van der Waals surface area contributed by atoms with Gasteiger partial charge in [0.25, 0.3) is 0 Å². The Balaban J connectivity index is 2.07. The van der Waals surface area contributed by atoms with Gasteiger partial charge in [-0.3, -0.25) is 4.79 Å². The molecule has 0 saturated carbocycles. The first kappa shape index (κ1) is 20.0. The number of rotatable bonds is 6. The van der Waals surface area contributed by atoms with E-state index in [9.17, 15) is 13.2 Å². The summed E-state index contributed by atoms with van der Waals surface area (Å²) >= 11 is 6.05. The molecule has 9 heteroatoms. The lowest BCUT2D eigenvalue weighted by molar-refractivity contribution is -0.134. The highest BCUT2D eigenvalue weighted by atomic mass is 35.5. The zero-order chi connectivity index (χ0) is 18.6. The van der Waals surface area contributed by atoms with E-state index in [1.54, 1.807) is 11.8 Å².